The number of hydrogen-bond acceptors (Lipinski definition) is 3. The van der Waals surface area contributed by atoms with Gasteiger partial charge in [0.2, 0.25) is 0 Å². The highest BCUT2D eigenvalue weighted by molar-refractivity contribution is 6.30. The van der Waals surface area contributed by atoms with E-state index in [0.717, 1.165) is 5.56 Å². The van der Waals surface area contributed by atoms with Crippen LogP contribution in [0, 0.1) is 11.8 Å². The normalized spacial score (nSPS) is 24.8. The van der Waals surface area contributed by atoms with Gasteiger partial charge in [0.25, 0.3) is 5.91 Å². The molecule has 0 spiro atoms. The predicted octanol–water partition coefficient (Wildman–Crippen LogP) is 3.17. The first kappa shape index (κ1) is 18.0. The van der Waals surface area contributed by atoms with Crippen LogP contribution in [0.3, 0.4) is 0 Å². The van der Waals surface area contributed by atoms with Crippen LogP contribution < -0.4 is 0 Å². The summed E-state index contributed by atoms with van der Waals surface area (Å²) in [6.07, 6.45) is 0. The van der Waals surface area contributed by atoms with Gasteiger partial charge in [-0.1, -0.05) is 48.0 Å². The molecule has 2 fully saturated rings. The van der Waals surface area contributed by atoms with Crippen LogP contribution in [0.25, 0.3) is 0 Å². The van der Waals surface area contributed by atoms with E-state index < -0.39 is 5.97 Å². The van der Waals surface area contributed by atoms with Crippen molar-refractivity contribution in [3.8, 4) is 0 Å². The van der Waals surface area contributed by atoms with Gasteiger partial charge < -0.3 is 10.0 Å². The van der Waals surface area contributed by atoms with E-state index in [-0.39, 0.29) is 30.3 Å². The number of carboxylic acid groups (broad SMARTS) is 1. The molecule has 4 rings (SSSR count). The third-order valence-corrected chi connectivity index (χ3v) is 5.81. The second kappa shape index (κ2) is 7.33. The number of nitrogens with zero attached hydrogens (tertiary/aromatic N) is 2. The maximum atomic E-state index is 13.2. The molecule has 6 heteroatoms. The summed E-state index contributed by atoms with van der Waals surface area (Å²) in [6.45, 7) is 2.08. The summed E-state index contributed by atoms with van der Waals surface area (Å²) in [7, 11) is 0. The Hall–Kier alpha value is -2.37. The van der Waals surface area contributed by atoms with E-state index in [4.69, 9.17) is 16.7 Å². The first-order valence-electron chi connectivity index (χ1n) is 9.08. The Kier molecular flexibility index (Phi) is 4.89. The lowest BCUT2D eigenvalue weighted by atomic mass is 9.89. The van der Waals surface area contributed by atoms with Crippen molar-refractivity contribution in [3.63, 3.8) is 0 Å². The van der Waals surface area contributed by atoms with E-state index in [1.807, 2.05) is 40.1 Å². The highest BCUT2D eigenvalue weighted by Crippen LogP contribution is 2.45. The summed E-state index contributed by atoms with van der Waals surface area (Å²) in [6, 6.07) is 17.0. The molecule has 2 aliphatic heterocycles. The van der Waals surface area contributed by atoms with E-state index in [1.165, 1.54) is 0 Å². The fraction of sp³-hybridized carbons (Fsp3) is 0.333. The molecule has 1 N–H and O–H groups in total. The molecular weight excluding hydrogens is 364 g/mol. The van der Waals surface area contributed by atoms with E-state index in [0.29, 0.717) is 30.2 Å². The van der Waals surface area contributed by atoms with Gasteiger partial charge in [0.05, 0.1) is 12.6 Å². The molecule has 1 amide bonds. The molecule has 0 saturated carbocycles. The van der Waals surface area contributed by atoms with Gasteiger partial charge in [0, 0.05) is 36.1 Å². The molecule has 2 heterocycles. The van der Waals surface area contributed by atoms with Gasteiger partial charge in [-0.25, -0.2) is 0 Å². The summed E-state index contributed by atoms with van der Waals surface area (Å²) in [4.78, 5) is 28.3. The second-order valence-corrected chi connectivity index (χ2v) is 7.77. The summed E-state index contributed by atoms with van der Waals surface area (Å²) < 4.78 is 0. The lowest BCUT2D eigenvalue weighted by Gasteiger charge is -2.30. The van der Waals surface area contributed by atoms with Crippen molar-refractivity contribution in [2.24, 2.45) is 11.8 Å². The molecule has 27 heavy (non-hydrogen) atoms. The van der Waals surface area contributed by atoms with Crippen LogP contribution in [0.2, 0.25) is 5.02 Å². The van der Waals surface area contributed by atoms with Gasteiger partial charge in [0.1, 0.15) is 0 Å². The quantitative estimate of drug-likeness (QED) is 0.879. The molecule has 3 atom stereocenters. The van der Waals surface area contributed by atoms with Gasteiger partial charge in [-0.2, -0.15) is 0 Å². The van der Waals surface area contributed by atoms with E-state index in [1.54, 1.807) is 24.3 Å². The Morgan fingerprint density at radius 2 is 1.81 bits per heavy atom. The first-order valence-corrected chi connectivity index (χ1v) is 9.46. The molecule has 0 aromatic heterocycles. The minimum Gasteiger partial charge on any atom is -0.480 e. The predicted molar refractivity (Wildman–Crippen MR) is 103 cm³/mol. The van der Waals surface area contributed by atoms with Gasteiger partial charge in [0.15, 0.2) is 0 Å². The lowest BCUT2D eigenvalue weighted by molar-refractivity contribution is -0.138. The van der Waals surface area contributed by atoms with Crippen molar-refractivity contribution in [1.29, 1.82) is 0 Å². The molecule has 2 aliphatic rings. The second-order valence-electron chi connectivity index (χ2n) is 7.34. The molecule has 140 valence electrons. The standard InChI is InChI=1S/C21H21ClN2O3/c22-17-8-4-7-15(9-17)21(27)24-11-16-10-23(13-19(25)26)12-18(16)20(24)14-5-2-1-3-6-14/h1-9,16,18,20H,10-13H2,(H,25,26)/t16-,18-,20+/m0/s1. The van der Waals surface area contributed by atoms with Crippen LogP contribution in [0.5, 0.6) is 0 Å². The first-order chi connectivity index (χ1) is 13.0. The van der Waals surface area contributed by atoms with Crippen LogP contribution in [-0.2, 0) is 4.79 Å². The summed E-state index contributed by atoms with van der Waals surface area (Å²) in [5, 5.41) is 9.66. The minimum absolute atomic E-state index is 0.0227. The number of fused-ring (bicyclic) bond motifs is 1. The fourth-order valence-electron chi connectivity index (χ4n) is 4.53. The van der Waals surface area contributed by atoms with Crippen molar-refractivity contribution in [3.05, 3.63) is 70.7 Å². The third kappa shape index (κ3) is 3.57. The maximum absolute atomic E-state index is 13.2. The molecule has 2 aromatic rings. The number of carbonyl (C=O) groups is 2. The number of likely N-dealkylation sites (tertiary alicyclic amines) is 2. The van der Waals surface area contributed by atoms with E-state index in [9.17, 15) is 9.59 Å². The van der Waals surface area contributed by atoms with Crippen molar-refractivity contribution in [2.75, 3.05) is 26.2 Å². The Morgan fingerprint density at radius 3 is 2.52 bits per heavy atom. The highest BCUT2D eigenvalue weighted by atomic mass is 35.5. The van der Waals surface area contributed by atoms with Gasteiger partial charge >= 0.3 is 5.97 Å². The third-order valence-electron chi connectivity index (χ3n) is 5.57. The lowest BCUT2D eigenvalue weighted by Crippen LogP contribution is -2.37. The van der Waals surface area contributed by atoms with Gasteiger partial charge in [-0.05, 0) is 29.7 Å². The average molecular weight is 385 g/mol. The van der Waals surface area contributed by atoms with E-state index >= 15 is 0 Å². The van der Waals surface area contributed by atoms with Crippen LogP contribution in [0.4, 0.5) is 0 Å². The Balaban J connectivity index is 1.64. The monoisotopic (exact) mass is 384 g/mol. The fourth-order valence-corrected chi connectivity index (χ4v) is 4.72. The van der Waals surface area contributed by atoms with Crippen LogP contribution in [0.15, 0.2) is 54.6 Å². The largest absolute Gasteiger partial charge is 0.480 e. The minimum atomic E-state index is -0.807. The summed E-state index contributed by atoms with van der Waals surface area (Å²) in [5.74, 6) is -0.323. The topological polar surface area (TPSA) is 60.9 Å². The zero-order valence-corrected chi connectivity index (χ0v) is 15.5. The number of carbonyl (C=O) groups excluding carboxylic acids is 1. The number of rotatable bonds is 4. The molecule has 0 unspecified atom stereocenters. The number of carboxylic acids is 1. The van der Waals surface area contributed by atoms with Crippen LogP contribution in [-0.4, -0.2) is 53.0 Å². The molecular formula is C21H21ClN2O3. The molecule has 0 bridgehead atoms. The number of amides is 1. The zero-order valence-electron chi connectivity index (χ0n) is 14.8. The van der Waals surface area contributed by atoms with Gasteiger partial charge in [-0.3, -0.25) is 14.5 Å². The molecule has 2 saturated heterocycles. The molecule has 0 aliphatic carbocycles. The number of hydrogen-bond donors (Lipinski definition) is 1. The van der Waals surface area contributed by atoms with Crippen LogP contribution in [0.1, 0.15) is 22.0 Å². The van der Waals surface area contributed by atoms with Gasteiger partial charge in [-0.15, -0.1) is 0 Å². The number of halogens is 1. The number of benzene rings is 2. The Bertz CT molecular complexity index is 858. The summed E-state index contributed by atoms with van der Waals surface area (Å²) in [5.41, 5.74) is 1.68. The van der Waals surface area contributed by atoms with Crippen LogP contribution >= 0.6 is 11.6 Å². The van der Waals surface area contributed by atoms with E-state index in [2.05, 4.69) is 0 Å². The van der Waals surface area contributed by atoms with Crippen molar-refractivity contribution in [1.82, 2.24) is 9.80 Å². The zero-order chi connectivity index (χ0) is 19.0. The average Bonchev–Trinajstić information content (AvgIpc) is 3.18. The SMILES string of the molecule is O=C(O)CN1C[C@H]2CN(C(=O)c3cccc(Cl)c3)[C@H](c3ccccc3)[C@H]2C1. The molecule has 0 radical (unpaired) electrons. The molecule has 5 nitrogen and oxygen atoms in total. The Morgan fingerprint density at radius 1 is 1.04 bits per heavy atom. The highest BCUT2D eigenvalue weighted by Gasteiger charge is 2.49. The molecule has 2 aromatic carbocycles. The van der Waals surface area contributed by atoms with Crippen molar-refractivity contribution < 1.29 is 14.7 Å². The summed E-state index contributed by atoms with van der Waals surface area (Å²) >= 11 is 6.08. The maximum Gasteiger partial charge on any atom is 0.317 e. The number of aliphatic carboxylic acids is 1. The van der Waals surface area contributed by atoms with Crippen molar-refractivity contribution >= 4 is 23.5 Å². The van der Waals surface area contributed by atoms with Crippen molar-refractivity contribution in [2.45, 2.75) is 6.04 Å². The smallest absolute Gasteiger partial charge is 0.317 e. The Labute approximate surface area is 163 Å².